The fourth-order valence-corrected chi connectivity index (χ4v) is 2.33. The number of hydrogen-bond acceptors (Lipinski definition) is 5. The molecule has 0 bridgehead atoms. The van der Waals surface area contributed by atoms with E-state index in [0.29, 0.717) is 18.1 Å². The van der Waals surface area contributed by atoms with Gasteiger partial charge in [-0.15, -0.1) is 0 Å². The number of nitriles is 1. The van der Waals surface area contributed by atoms with Crippen molar-refractivity contribution < 1.29 is 9.88 Å². The highest BCUT2D eigenvalue weighted by atomic mass is 17.3. The van der Waals surface area contributed by atoms with Gasteiger partial charge in [-0.2, -0.15) is 10.1 Å². The lowest BCUT2D eigenvalue weighted by Gasteiger charge is -2.07. The molecule has 0 spiro atoms. The van der Waals surface area contributed by atoms with E-state index in [1.807, 2.05) is 19.1 Å². The predicted molar refractivity (Wildman–Crippen MR) is 75.5 cm³/mol. The van der Waals surface area contributed by atoms with Crippen LogP contribution in [0.1, 0.15) is 37.3 Å². The average molecular weight is 273 g/mol. The van der Waals surface area contributed by atoms with Gasteiger partial charge in [0.15, 0.2) is 0 Å². The van der Waals surface area contributed by atoms with E-state index in [9.17, 15) is 0 Å². The summed E-state index contributed by atoms with van der Waals surface area (Å²) in [5.74, 6) is 0.406. The second-order valence-electron chi connectivity index (χ2n) is 5.15. The third-order valence-corrected chi connectivity index (χ3v) is 3.61. The number of benzene rings is 1. The summed E-state index contributed by atoms with van der Waals surface area (Å²) < 4.78 is 0. The van der Waals surface area contributed by atoms with Crippen molar-refractivity contribution in [2.24, 2.45) is 16.8 Å². The summed E-state index contributed by atoms with van der Waals surface area (Å²) in [5.41, 5.74) is 8.35. The molecule has 0 amide bonds. The number of nitrogens with zero attached hydrogens (tertiary/aromatic N) is 2. The molecule has 2 rings (SSSR count). The van der Waals surface area contributed by atoms with Crippen LogP contribution in [0.25, 0.3) is 0 Å². The summed E-state index contributed by atoms with van der Waals surface area (Å²) >= 11 is 0. The maximum atomic E-state index is 8.69. The first-order valence-corrected chi connectivity index (χ1v) is 6.77. The van der Waals surface area contributed by atoms with Crippen LogP contribution in [0, 0.1) is 17.2 Å². The maximum absolute atomic E-state index is 8.69. The van der Waals surface area contributed by atoms with Crippen molar-refractivity contribution in [3.8, 4) is 6.07 Å². The van der Waals surface area contributed by atoms with Gasteiger partial charge in [-0.3, -0.25) is 0 Å². The zero-order valence-corrected chi connectivity index (χ0v) is 11.6. The van der Waals surface area contributed by atoms with Crippen molar-refractivity contribution in [2.75, 3.05) is 0 Å². The molecular formula is C15H19N3O2. The number of nitrogens with two attached hydrogens (primary N) is 1. The SMILES string of the molecule is C/C(=N\OOCc1ccc(C#N)cc1)[C@H]1CC[C@@H](N)C1. The third-order valence-electron chi connectivity index (χ3n) is 3.61. The number of rotatable bonds is 5. The van der Waals surface area contributed by atoms with Gasteiger partial charge in [0.25, 0.3) is 0 Å². The van der Waals surface area contributed by atoms with Gasteiger partial charge in [0.2, 0.25) is 0 Å². The minimum absolute atomic E-state index is 0.282. The van der Waals surface area contributed by atoms with Crippen molar-refractivity contribution in [3.63, 3.8) is 0 Å². The van der Waals surface area contributed by atoms with Gasteiger partial charge in [0, 0.05) is 12.0 Å². The van der Waals surface area contributed by atoms with E-state index in [2.05, 4.69) is 11.2 Å². The van der Waals surface area contributed by atoms with Gasteiger partial charge in [-0.25, -0.2) is 4.99 Å². The van der Waals surface area contributed by atoms with E-state index >= 15 is 0 Å². The average Bonchev–Trinajstić information content (AvgIpc) is 2.91. The van der Waals surface area contributed by atoms with Gasteiger partial charge < -0.3 is 5.73 Å². The molecule has 2 N–H and O–H groups in total. The molecule has 0 heterocycles. The summed E-state index contributed by atoms with van der Waals surface area (Å²) in [6.45, 7) is 2.24. The summed E-state index contributed by atoms with van der Waals surface area (Å²) in [6.07, 6.45) is 3.08. The molecule has 1 aliphatic carbocycles. The molecule has 106 valence electrons. The van der Waals surface area contributed by atoms with Gasteiger partial charge in [-0.1, -0.05) is 17.3 Å². The zero-order chi connectivity index (χ0) is 14.4. The molecule has 0 radical (unpaired) electrons. The third kappa shape index (κ3) is 4.05. The fourth-order valence-electron chi connectivity index (χ4n) is 2.33. The smallest absolute Gasteiger partial charge is 0.122 e. The normalized spacial score (nSPS) is 22.6. The molecule has 1 saturated carbocycles. The molecule has 0 unspecified atom stereocenters. The Hall–Kier alpha value is -1.90. The Kier molecular flexibility index (Phi) is 5.10. The van der Waals surface area contributed by atoms with E-state index in [-0.39, 0.29) is 6.04 Å². The highest BCUT2D eigenvalue weighted by molar-refractivity contribution is 5.84. The van der Waals surface area contributed by atoms with E-state index in [1.54, 1.807) is 12.1 Å². The molecule has 1 aromatic rings. The van der Waals surface area contributed by atoms with Gasteiger partial charge in [0.05, 0.1) is 17.3 Å². The first-order valence-electron chi connectivity index (χ1n) is 6.77. The molecule has 0 aromatic heterocycles. The number of oxime groups is 1. The Bertz CT molecular complexity index is 505. The molecule has 0 saturated heterocycles. The van der Waals surface area contributed by atoms with Gasteiger partial charge in [0.1, 0.15) is 6.61 Å². The Labute approximate surface area is 118 Å². The highest BCUT2D eigenvalue weighted by Gasteiger charge is 2.24. The van der Waals surface area contributed by atoms with E-state index in [1.165, 1.54) is 0 Å². The van der Waals surface area contributed by atoms with Gasteiger partial charge in [-0.05, 0) is 43.9 Å². The molecule has 0 aliphatic heterocycles. The minimum atomic E-state index is 0.282. The lowest BCUT2D eigenvalue weighted by molar-refractivity contribution is -0.305. The molecule has 5 heteroatoms. The zero-order valence-electron chi connectivity index (χ0n) is 11.6. The lowest BCUT2D eigenvalue weighted by Crippen LogP contribution is -2.17. The summed E-state index contributed by atoms with van der Waals surface area (Å²) in [6, 6.07) is 9.49. The van der Waals surface area contributed by atoms with Crippen LogP contribution in [0.4, 0.5) is 0 Å². The molecule has 1 aliphatic rings. The molecule has 1 aromatic carbocycles. The second kappa shape index (κ2) is 7.04. The first kappa shape index (κ1) is 14.5. The highest BCUT2D eigenvalue weighted by Crippen LogP contribution is 2.25. The Morgan fingerprint density at radius 1 is 1.40 bits per heavy atom. The molecule has 20 heavy (non-hydrogen) atoms. The summed E-state index contributed by atoms with van der Waals surface area (Å²) in [4.78, 5) is 9.93. The van der Waals surface area contributed by atoms with Crippen molar-refractivity contribution in [1.29, 1.82) is 5.26 Å². The standard InChI is InChI=1S/C15H19N3O2/c1-11(14-6-7-15(17)8-14)18-20-19-10-13-4-2-12(9-16)3-5-13/h2-5,14-15H,6-8,10,17H2,1H3/b18-11+/t14-,15+/m0/s1. The summed E-state index contributed by atoms with van der Waals surface area (Å²) in [7, 11) is 0. The van der Waals surface area contributed by atoms with Crippen LogP contribution in [-0.2, 0) is 16.5 Å². The monoisotopic (exact) mass is 273 g/mol. The van der Waals surface area contributed by atoms with Crippen LogP contribution >= 0.6 is 0 Å². The number of hydrogen-bond donors (Lipinski definition) is 1. The molecule has 2 atom stereocenters. The second-order valence-corrected chi connectivity index (χ2v) is 5.15. The van der Waals surface area contributed by atoms with Crippen molar-refractivity contribution in [2.45, 2.75) is 38.8 Å². The Morgan fingerprint density at radius 3 is 2.75 bits per heavy atom. The van der Waals surface area contributed by atoms with E-state index in [4.69, 9.17) is 20.9 Å². The maximum Gasteiger partial charge on any atom is 0.122 e. The van der Waals surface area contributed by atoms with Crippen molar-refractivity contribution >= 4 is 5.71 Å². The molecular weight excluding hydrogens is 254 g/mol. The minimum Gasteiger partial charge on any atom is -0.328 e. The Balaban J connectivity index is 1.74. The largest absolute Gasteiger partial charge is 0.328 e. The van der Waals surface area contributed by atoms with Crippen molar-refractivity contribution in [3.05, 3.63) is 35.4 Å². The fraction of sp³-hybridized carbons (Fsp3) is 0.467. The van der Waals surface area contributed by atoms with Crippen LogP contribution < -0.4 is 5.73 Å². The molecule has 1 fully saturated rings. The first-order chi connectivity index (χ1) is 9.69. The lowest BCUT2D eigenvalue weighted by atomic mass is 10.0. The van der Waals surface area contributed by atoms with Crippen LogP contribution in [0.5, 0.6) is 0 Å². The van der Waals surface area contributed by atoms with E-state index < -0.39 is 0 Å². The Morgan fingerprint density at radius 2 is 2.15 bits per heavy atom. The van der Waals surface area contributed by atoms with Crippen LogP contribution in [-0.4, -0.2) is 11.8 Å². The van der Waals surface area contributed by atoms with Crippen LogP contribution in [0.3, 0.4) is 0 Å². The van der Waals surface area contributed by atoms with Crippen LogP contribution in [0.2, 0.25) is 0 Å². The van der Waals surface area contributed by atoms with Crippen LogP contribution in [0.15, 0.2) is 29.4 Å². The topological polar surface area (TPSA) is 80.6 Å². The van der Waals surface area contributed by atoms with Crippen molar-refractivity contribution in [1.82, 2.24) is 0 Å². The predicted octanol–water partition coefficient (Wildman–Crippen LogP) is 2.51. The molecule has 5 nitrogen and oxygen atoms in total. The quantitative estimate of drug-likeness (QED) is 0.387. The summed E-state index contributed by atoms with van der Waals surface area (Å²) in [5, 5.41) is 12.7. The van der Waals surface area contributed by atoms with Gasteiger partial charge >= 0.3 is 0 Å². The van der Waals surface area contributed by atoms with E-state index in [0.717, 1.165) is 30.5 Å².